The standard InChI is InChI=1S/C26H26N2O3/c1-3-9-21(10-4-1)19-29-17-7-8-18-30-24-15-13-23-14-16-25(28-26(23)27-24)31-20-22-11-5-2-6-12-22/h1-6,9-16H,7-8,17-20H2. The van der Waals surface area contributed by atoms with Gasteiger partial charge in [-0.1, -0.05) is 60.7 Å². The zero-order chi connectivity index (χ0) is 21.1. The molecule has 5 heteroatoms. The van der Waals surface area contributed by atoms with E-state index in [1.807, 2.05) is 72.8 Å². The van der Waals surface area contributed by atoms with Gasteiger partial charge in [-0.3, -0.25) is 0 Å². The summed E-state index contributed by atoms with van der Waals surface area (Å²) in [6, 6.07) is 27.9. The molecular formula is C26H26N2O3. The fourth-order valence-electron chi connectivity index (χ4n) is 3.10. The molecule has 4 aromatic rings. The van der Waals surface area contributed by atoms with Gasteiger partial charge < -0.3 is 14.2 Å². The minimum atomic E-state index is 0.474. The maximum absolute atomic E-state index is 5.80. The van der Waals surface area contributed by atoms with Crippen molar-refractivity contribution in [2.24, 2.45) is 0 Å². The van der Waals surface area contributed by atoms with Gasteiger partial charge in [0.05, 0.1) is 13.2 Å². The zero-order valence-corrected chi connectivity index (χ0v) is 17.4. The van der Waals surface area contributed by atoms with Gasteiger partial charge in [0.25, 0.3) is 0 Å². The number of hydrogen-bond acceptors (Lipinski definition) is 5. The van der Waals surface area contributed by atoms with E-state index in [0.717, 1.165) is 23.8 Å². The van der Waals surface area contributed by atoms with Crippen LogP contribution in [0.25, 0.3) is 11.0 Å². The molecule has 158 valence electrons. The fourth-order valence-corrected chi connectivity index (χ4v) is 3.10. The lowest BCUT2D eigenvalue weighted by Crippen LogP contribution is -2.03. The number of nitrogens with zero attached hydrogens (tertiary/aromatic N) is 2. The Morgan fingerprint density at radius 1 is 0.548 bits per heavy atom. The van der Waals surface area contributed by atoms with Crippen molar-refractivity contribution in [3.8, 4) is 11.8 Å². The topological polar surface area (TPSA) is 53.5 Å². The fraction of sp³-hybridized carbons (Fsp3) is 0.231. The quantitative estimate of drug-likeness (QED) is 0.300. The molecule has 0 amide bonds. The molecule has 2 aromatic carbocycles. The molecule has 0 atom stereocenters. The third-order valence-electron chi connectivity index (χ3n) is 4.78. The maximum atomic E-state index is 5.80. The Bertz CT molecular complexity index is 1070. The predicted octanol–water partition coefficient (Wildman–Crippen LogP) is 5.58. The van der Waals surface area contributed by atoms with E-state index >= 15 is 0 Å². The van der Waals surface area contributed by atoms with E-state index in [1.165, 1.54) is 5.56 Å². The Morgan fingerprint density at radius 2 is 1.13 bits per heavy atom. The van der Waals surface area contributed by atoms with E-state index in [9.17, 15) is 0 Å². The van der Waals surface area contributed by atoms with Crippen molar-refractivity contribution in [3.63, 3.8) is 0 Å². The molecule has 0 aliphatic heterocycles. The van der Waals surface area contributed by atoms with Gasteiger partial charge in [0.1, 0.15) is 6.61 Å². The van der Waals surface area contributed by atoms with E-state index in [4.69, 9.17) is 14.2 Å². The van der Waals surface area contributed by atoms with Crippen molar-refractivity contribution in [3.05, 3.63) is 96.1 Å². The van der Waals surface area contributed by atoms with Crippen LogP contribution >= 0.6 is 0 Å². The Kier molecular flexibility index (Phi) is 7.45. The molecule has 0 N–H and O–H groups in total. The molecule has 0 aliphatic rings. The van der Waals surface area contributed by atoms with Crippen LogP contribution in [-0.4, -0.2) is 23.2 Å². The van der Waals surface area contributed by atoms with E-state index in [2.05, 4.69) is 22.1 Å². The molecule has 31 heavy (non-hydrogen) atoms. The first-order chi connectivity index (χ1) is 15.4. The van der Waals surface area contributed by atoms with Crippen LogP contribution in [0.3, 0.4) is 0 Å². The minimum absolute atomic E-state index is 0.474. The van der Waals surface area contributed by atoms with Crippen molar-refractivity contribution in [2.75, 3.05) is 13.2 Å². The monoisotopic (exact) mass is 414 g/mol. The molecule has 2 heterocycles. The summed E-state index contributed by atoms with van der Waals surface area (Å²) in [6.45, 7) is 2.43. The van der Waals surface area contributed by atoms with Crippen LogP contribution < -0.4 is 9.47 Å². The normalized spacial score (nSPS) is 10.8. The highest BCUT2D eigenvalue weighted by atomic mass is 16.5. The van der Waals surface area contributed by atoms with Crippen LogP contribution in [0.5, 0.6) is 11.8 Å². The van der Waals surface area contributed by atoms with Gasteiger partial charge in [-0.25, -0.2) is 0 Å². The smallest absolute Gasteiger partial charge is 0.215 e. The Morgan fingerprint density at radius 3 is 1.81 bits per heavy atom. The first-order valence-electron chi connectivity index (χ1n) is 10.6. The number of rotatable bonds is 11. The molecule has 0 radical (unpaired) electrons. The highest BCUT2D eigenvalue weighted by molar-refractivity contribution is 5.75. The second kappa shape index (κ2) is 11.1. The SMILES string of the molecule is c1ccc(COCCCCOc2ccc3ccc(OCc4ccccc4)nc3n2)cc1. The summed E-state index contributed by atoms with van der Waals surface area (Å²) in [4.78, 5) is 9.04. The minimum Gasteiger partial charge on any atom is -0.478 e. The Hall–Kier alpha value is -3.44. The summed E-state index contributed by atoms with van der Waals surface area (Å²) in [7, 11) is 0. The first-order valence-corrected chi connectivity index (χ1v) is 10.6. The highest BCUT2D eigenvalue weighted by Crippen LogP contribution is 2.19. The van der Waals surface area contributed by atoms with Gasteiger partial charge in [0.2, 0.25) is 11.8 Å². The number of fused-ring (bicyclic) bond motifs is 1. The summed E-state index contributed by atoms with van der Waals surface area (Å²) >= 11 is 0. The van der Waals surface area contributed by atoms with Gasteiger partial charge in [-0.2, -0.15) is 9.97 Å². The van der Waals surface area contributed by atoms with Crippen LogP contribution in [0.15, 0.2) is 84.9 Å². The van der Waals surface area contributed by atoms with Crippen LogP contribution in [-0.2, 0) is 18.0 Å². The second-order valence-electron chi connectivity index (χ2n) is 7.21. The first kappa shape index (κ1) is 20.8. The zero-order valence-electron chi connectivity index (χ0n) is 17.4. The maximum Gasteiger partial charge on any atom is 0.215 e. The van der Waals surface area contributed by atoms with Crippen LogP contribution in [0.4, 0.5) is 0 Å². The third-order valence-corrected chi connectivity index (χ3v) is 4.78. The van der Waals surface area contributed by atoms with Crippen LogP contribution in [0.2, 0.25) is 0 Å². The van der Waals surface area contributed by atoms with Crippen molar-refractivity contribution < 1.29 is 14.2 Å². The molecule has 0 fully saturated rings. The average Bonchev–Trinajstić information content (AvgIpc) is 2.83. The summed E-state index contributed by atoms with van der Waals surface area (Å²) in [5.74, 6) is 1.13. The Labute approximate surface area is 182 Å². The van der Waals surface area contributed by atoms with Crippen molar-refractivity contribution in [1.82, 2.24) is 9.97 Å². The molecule has 0 saturated carbocycles. The lowest BCUT2D eigenvalue weighted by molar-refractivity contribution is 0.113. The predicted molar refractivity (Wildman–Crippen MR) is 121 cm³/mol. The number of pyridine rings is 2. The van der Waals surface area contributed by atoms with Crippen LogP contribution in [0.1, 0.15) is 24.0 Å². The molecule has 0 saturated heterocycles. The lowest BCUT2D eigenvalue weighted by Gasteiger charge is -2.08. The van der Waals surface area contributed by atoms with E-state index in [-0.39, 0.29) is 0 Å². The summed E-state index contributed by atoms with van der Waals surface area (Å²) < 4.78 is 17.3. The van der Waals surface area contributed by atoms with Crippen molar-refractivity contribution in [1.29, 1.82) is 0 Å². The second-order valence-corrected chi connectivity index (χ2v) is 7.21. The van der Waals surface area contributed by atoms with Gasteiger partial charge in [0, 0.05) is 24.1 Å². The molecule has 0 spiro atoms. The summed E-state index contributed by atoms with van der Waals surface area (Å²) in [6.07, 6.45) is 1.85. The van der Waals surface area contributed by atoms with Gasteiger partial charge in [-0.05, 0) is 36.1 Å². The number of benzene rings is 2. The molecule has 0 bridgehead atoms. The largest absolute Gasteiger partial charge is 0.478 e. The summed E-state index contributed by atoms with van der Waals surface area (Å²) in [5.41, 5.74) is 2.91. The molecule has 5 nitrogen and oxygen atoms in total. The molecule has 2 aromatic heterocycles. The molecule has 4 rings (SSSR count). The van der Waals surface area contributed by atoms with Gasteiger partial charge >= 0.3 is 0 Å². The average molecular weight is 415 g/mol. The van der Waals surface area contributed by atoms with Crippen molar-refractivity contribution >= 4 is 11.0 Å². The molecule has 0 unspecified atom stereocenters. The van der Waals surface area contributed by atoms with E-state index < -0.39 is 0 Å². The number of aromatic nitrogens is 2. The van der Waals surface area contributed by atoms with Crippen molar-refractivity contribution in [2.45, 2.75) is 26.1 Å². The van der Waals surface area contributed by atoms with E-state index in [0.29, 0.717) is 43.8 Å². The highest BCUT2D eigenvalue weighted by Gasteiger charge is 2.04. The number of ether oxygens (including phenoxy) is 3. The van der Waals surface area contributed by atoms with Crippen LogP contribution in [0, 0.1) is 0 Å². The summed E-state index contributed by atoms with van der Waals surface area (Å²) in [5, 5.41) is 0.953. The number of hydrogen-bond donors (Lipinski definition) is 0. The van der Waals surface area contributed by atoms with E-state index in [1.54, 1.807) is 0 Å². The lowest BCUT2D eigenvalue weighted by atomic mass is 10.2. The Balaban J connectivity index is 1.21. The molecular weight excluding hydrogens is 388 g/mol. The number of unbranched alkanes of at least 4 members (excludes halogenated alkanes) is 1. The van der Waals surface area contributed by atoms with Gasteiger partial charge in [-0.15, -0.1) is 0 Å². The third kappa shape index (κ3) is 6.52. The molecule has 0 aliphatic carbocycles. The van der Waals surface area contributed by atoms with Gasteiger partial charge in [0.15, 0.2) is 5.65 Å².